The minimum atomic E-state index is 0.568. The van der Waals surface area contributed by atoms with Crippen LogP contribution in [0.3, 0.4) is 0 Å². The molecule has 180 valence electrons. The molecule has 0 amide bonds. The predicted molar refractivity (Wildman–Crippen MR) is 142 cm³/mol. The molecule has 1 aliphatic rings. The van der Waals surface area contributed by atoms with E-state index >= 15 is 0 Å². The summed E-state index contributed by atoms with van der Waals surface area (Å²) in [7, 11) is 0. The molecule has 5 aromatic rings. The molecule has 0 atom stereocenters. The van der Waals surface area contributed by atoms with Crippen LogP contribution in [-0.4, -0.2) is 57.6 Å². The molecule has 7 nitrogen and oxygen atoms in total. The quantitative estimate of drug-likeness (QED) is 0.341. The van der Waals surface area contributed by atoms with E-state index in [0.717, 1.165) is 56.1 Å². The fraction of sp³-hybridized carbons (Fsp3) is 0.241. The molecule has 0 unspecified atom stereocenters. The van der Waals surface area contributed by atoms with Gasteiger partial charge < -0.3 is 9.32 Å². The Bertz CT molecular complexity index is 1440. The van der Waals surface area contributed by atoms with Crippen LogP contribution in [0.4, 0.5) is 5.82 Å². The van der Waals surface area contributed by atoms with Crippen LogP contribution in [0.5, 0.6) is 0 Å². The molecule has 7 heteroatoms. The standard InChI is InChI=1S/C29H28N6O/c1-21-7-9-23(10-8-21)26-31-27-25(36-29(33-27)24-5-3-2-4-6-24)28(32-26)35-19-17-34(18-20-35)16-13-22-11-14-30-15-12-22/h2-12,14-15H,13,16-20H2,1H3. The Kier molecular flexibility index (Phi) is 6.13. The summed E-state index contributed by atoms with van der Waals surface area (Å²) in [6.07, 6.45) is 4.75. The largest absolute Gasteiger partial charge is 0.430 e. The molecule has 0 saturated carbocycles. The summed E-state index contributed by atoms with van der Waals surface area (Å²) < 4.78 is 6.28. The zero-order chi connectivity index (χ0) is 24.3. The van der Waals surface area contributed by atoms with Crippen LogP contribution in [0.2, 0.25) is 0 Å². The van der Waals surface area contributed by atoms with Crippen LogP contribution in [-0.2, 0) is 6.42 Å². The molecule has 0 bridgehead atoms. The van der Waals surface area contributed by atoms with Crippen molar-refractivity contribution in [3.63, 3.8) is 0 Å². The highest BCUT2D eigenvalue weighted by Gasteiger charge is 2.24. The van der Waals surface area contributed by atoms with Crippen molar-refractivity contribution in [1.29, 1.82) is 0 Å². The number of pyridine rings is 1. The number of aryl methyl sites for hydroxylation is 1. The zero-order valence-electron chi connectivity index (χ0n) is 20.3. The summed E-state index contributed by atoms with van der Waals surface area (Å²) in [5.41, 5.74) is 5.67. The molecular formula is C29H28N6O. The topological polar surface area (TPSA) is 71.2 Å². The lowest BCUT2D eigenvalue weighted by atomic mass is 10.1. The van der Waals surface area contributed by atoms with Crippen molar-refractivity contribution in [1.82, 2.24) is 24.8 Å². The number of hydrogen-bond donors (Lipinski definition) is 0. The second-order valence-electron chi connectivity index (χ2n) is 9.21. The first-order valence-electron chi connectivity index (χ1n) is 12.4. The Morgan fingerprint density at radius 2 is 1.53 bits per heavy atom. The van der Waals surface area contributed by atoms with Crippen molar-refractivity contribution in [2.75, 3.05) is 37.6 Å². The van der Waals surface area contributed by atoms with Gasteiger partial charge in [0.1, 0.15) is 0 Å². The van der Waals surface area contributed by atoms with Gasteiger partial charge in [-0.3, -0.25) is 9.88 Å². The molecule has 1 fully saturated rings. The summed E-state index contributed by atoms with van der Waals surface area (Å²) in [5.74, 6) is 2.06. The van der Waals surface area contributed by atoms with Crippen molar-refractivity contribution in [3.8, 4) is 22.8 Å². The highest BCUT2D eigenvalue weighted by atomic mass is 16.4. The summed E-state index contributed by atoms with van der Waals surface area (Å²) in [6, 6.07) is 22.4. The molecule has 2 aromatic carbocycles. The average Bonchev–Trinajstić information content (AvgIpc) is 3.38. The van der Waals surface area contributed by atoms with E-state index in [1.54, 1.807) is 0 Å². The van der Waals surface area contributed by atoms with Crippen LogP contribution in [0.25, 0.3) is 34.1 Å². The van der Waals surface area contributed by atoms with Crippen LogP contribution in [0.1, 0.15) is 11.1 Å². The van der Waals surface area contributed by atoms with Gasteiger partial charge in [-0.1, -0.05) is 48.0 Å². The lowest BCUT2D eigenvalue weighted by molar-refractivity contribution is 0.260. The fourth-order valence-corrected chi connectivity index (χ4v) is 4.58. The lowest BCUT2D eigenvalue weighted by Crippen LogP contribution is -2.47. The van der Waals surface area contributed by atoms with Crippen LogP contribution >= 0.6 is 0 Å². The van der Waals surface area contributed by atoms with Crippen molar-refractivity contribution in [2.45, 2.75) is 13.3 Å². The molecule has 0 spiro atoms. The molecule has 1 saturated heterocycles. The summed E-state index contributed by atoms with van der Waals surface area (Å²) in [6.45, 7) is 6.80. The molecule has 36 heavy (non-hydrogen) atoms. The van der Waals surface area contributed by atoms with Crippen molar-refractivity contribution in [2.24, 2.45) is 0 Å². The Morgan fingerprint density at radius 3 is 2.28 bits per heavy atom. The molecule has 0 radical (unpaired) electrons. The molecular weight excluding hydrogens is 448 g/mol. The van der Waals surface area contributed by atoms with Gasteiger partial charge in [-0.2, -0.15) is 4.98 Å². The minimum absolute atomic E-state index is 0.568. The van der Waals surface area contributed by atoms with Gasteiger partial charge >= 0.3 is 0 Å². The van der Waals surface area contributed by atoms with Gasteiger partial charge in [0.15, 0.2) is 11.6 Å². The first-order chi connectivity index (χ1) is 17.7. The second kappa shape index (κ2) is 9.87. The number of nitrogens with zero attached hydrogens (tertiary/aromatic N) is 6. The monoisotopic (exact) mass is 476 g/mol. The molecule has 1 aliphatic heterocycles. The highest BCUT2D eigenvalue weighted by molar-refractivity contribution is 5.85. The van der Waals surface area contributed by atoms with Gasteiger partial charge in [-0.05, 0) is 43.2 Å². The van der Waals surface area contributed by atoms with Crippen LogP contribution in [0.15, 0.2) is 83.5 Å². The smallest absolute Gasteiger partial charge is 0.229 e. The molecule has 0 aliphatic carbocycles. The fourth-order valence-electron chi connectivity index (χ4n) is 4.58. The number of anilines is 1. The average molecular weight is 477 g/mol. The number of aromatic nitrogens is 4. The highest BCUT2D eigenvalue weighted by Crippen LogP contribution is 2.32. The Hall–Kier alpha value is -4.10. The molecule has 3 aromatic heterocycles. The van der Waals surface area contributed by atoms with Crippen LogP contribution in [0, 0.1) is 6.92 Å². The predicted octanol–water partition coefficient (Wildman–Crippen LogP) is 5.02. The van der Waals surface area contributed by atoms with Crippen molar-refractivity contribution in [3.05, 3.63) is 90.3 Å². The maximum Gasteiger partial charge on any atom is 0.229 e. The van der Waals surface area contributed by atoms with E-state index in [4.69, 9.17) is 19.4 Å². The maximum atomic E-state index is 6.28. The van der Waals surface area contributed by atoms with Crippen LogP contribution < -0.4 is 4.90 Å². The van der Waals surface area contributed by atoms with E-state index < -0.39 is 0 Å². The normalized spacial score (nSPS) is 14.4. The number of benzene rings is 2. The van der Waals surface area contributed by atoms with Gasteiger partial charge in [-0.15, -0.1) is 0 Å². The van der Waals surface area contributed by atoms with Crippen molar-refractivity contribution < 1.29 is 4.42 Å². The van der Waals surface area contributed by atoms with E-state index in [1.165, 1.54) is 11.1 Å². The van der Waals surface area contributed by atoms with Gasteiger partial charge in [-0.25, -0.2) is 9.97 Å². The Morgan fingerprint density at radius 1 is 0.778 bits per heavy atom. The summed E-state index contributed by atoms with van der Waals surface area (Å²) in [5, 5.41) is 0. The van der Waals surface area contributed by atoms with Gasteiger partial charge in [0.05, 0.1) is 0 Å². The minimum Gasteiger partial charge on any atom is -0.430 e. The zero-order valence-corrected chi connectivity index (χ0v) is 20.3. The third kappa shape index (κ3) is 4.70. The Balaban J connectivity index is 1.29. The first-order valence-corrected chi connectivity index (χ1v) is 12.4. The van der Waals surface area contributed by atoms with E-state index in [9.17, 15) is 0 Å². The third-order valence-corrected chi connectivity index (χ3v) is 6.70. The number of piperazine rings is 1. The van der Waals surface area contributed by atoms with E-state index in [0.29, 0.717) is 22.9 Å². The summed E-state index contributed by atoms with van der Waals surface area (Å²) >= 11 is 0. The third-order valence-electron chi connectivity index (χ3n) is 6.70. The van der Waals surface area contributed by atoms with E-state index in [1.807, 2.05) is 42.7 Å². The number of hydrogen-bond acceptors (Lipinski definition) is 7. The summed E-state index contributed by atoms with van der Waals surface area (Å²) in [4.78, 5) is 23.5. The maximum absolute atomic E-state index is 6.28. The van der Waals surface area contributed by atoms with Gasteiger partial charge in [0, 0.05) is 56.2 Å². The second-order valence-corrected chi connectivity index (χ2v) is 9.21. The SMILES string of the molecule is Cc1ccc(-c2nc(N3CCN(CCc4ccncc4)CC3)c3oc(-c4ccccc4)nc3n2)cc1. The molecule has 4 heterocycles. The Labute approximate surface area is 210 Å². The lowest BCUT2D eigenvalue weighted by Gasteiger charge is -2.35. The van der Waals surface area contributed by atoms with E-state index in [-0.39, 0.29) is 0 Å². The number of oxazole rings is 1. The number of fused-ring (bicyclic) bond motifs is 1. The molecule has 6 rings (SSSR count). The number of rotatable bonds is 6. The van der Waals surface area contributed by atoms with Gasteiger partial charge in [0.2, 0.25) is 17.1 Å². The van der Waals surface area contributed by atoms with E-state index in [2.05, 4.69) is 58.1 Å². The van der Waals surface area contributed by atoms with Gasteiger partial charge in [0.25, 0.3) is 0 Å². The first kappa shape index (κ1) is 22.4. The molecule has 0 N–H and O–H groups in total. The van der Waals surface area contributed by atoms with Crippen molar-refractivity contribution >= 4 is 17.0 Å².